The summed E-state index contributed by atoms with van der Waals surface area (Å²) >= 11 is 0. The molecule has 3 rings (SSSR count). The van der Waals surface area contributed by atoms with E-state index < -0.39 is 9.05 Å². The molecule has 1 aromatic heterocycles. The van der Waals surface area contributed by atoms with E-state index in [2.05, 4.69) is 4.98 Å². The number of carbonyl (C=O) groups is 1. The second-order valence-electron chi connectivity index (χ2n) is 5.56. The predicted octanol–water partition coefficient (Wildman–Crippen LogP) is 2.15. The lowest BCUT2D eigenvalue weighted by molar-refractivity contribution is -0.128. The Balaban J connectivity index is 1.79. The quantitative estimate of drug-likeness (QED) is 0.801. The molecule has 22 heavy (non-hydrogen) atoms. The molecule has 1 unspecified atom stereocenters. The van der Waals surface area contributed by atoms with Crippen molar-refractivity contribution in [3.8, 4) is 0 Å². The van der Waals surface area contributed by atoms with E-state index in [1.165, 1.54) is 0 Å². The minimum Gasteiger partial charge on any atom is -0.338 e. The fraction of sp³-hybridized carbons (Fsp3) is 0.333. The van der Waals surface area contributed by atoms with Crippen LogP contribution >= 0.6 is 10.7 Å². The molecular weight excluding hydrogens is 324 g/mol. The summed E-state index contributed by atoms with van der Waals surface area (Å²) in [6, 6.07) is 7.80. The Bertz CT molecular complexity index is 817. The zero-order chi connectivity index (χ0) is 15.7. The van der Waals surface area contributed by atoms with Gasteiger partial charge in [0.15, 0.2) is 0 Å². The van der Waals surface area contributed by atoms with E-state index in [9.17, 15) is 13.2 Å². The van der Waals surface area contributed by atoms with Gasteiger partial charge >= 0.3 is 0 Å². The van der Waals surface area contributed by atoms with Crippen molar-refractivity contribution in [1.29, 1.82) is 0 Å². The molecule has 0 radical (unpaired) electrons. The number of rotatable bonds is 4. The number of amides is 1. The van der Waals surface area contributed by atoms with E-state index in [4.69, 9.17) is 10.7 Å². The topological polar surface area (TPSA) is 67.3 Å². The summed E-state index contributed by atoms with van der Waals surface area (Å²) in [6.45, 7) is 0.894. The number of carbonyl (C=O) groups excluding carboxylic acids is 1. The van der Waals surface area contributed by atoms with Crippen LogP contribution in [0.15, 0.2) is 36.7 Å². The highest BCUT2D eigenvalue weighted by molar-refractivity contribution is 8.13. The molecule has 0 N–H and O–H groups in total. The Kier molecular flexibility index (Phi) is 4.06. The van der Waals surface area contributed by atoms with Crippen LogP contribution in [0.25, 0.3) is 10.8 Å². The van der Waals surface area contributed by atoms with Gasteiger partial charge in [-0.05, 0) is 17.0 Å². The SMILES string of the molecule is O=C1CC(CS(=O)(=O)Cl)CN1Cc1cccc2cnccc12. The molecule has 1 atom stereocenters. The van der Waals surface area contributed by atoms with Crippen molar-refractivity contribution < 1.29 is 13.2 Å². The zero-order valence-corrected chi connectivity index (χ0v) is 13.3. The van der Waals surface area contributed by atoms with Crippen molar-refractivity contribution in [3.05, 3.63) is 42.2 Å². The molecule has 1 aromatic carbocycles. The summed E-state index contributed by atoms with van der Waals surface area (Å²) in [5, 5.41) is 2.07. The normalized spacial score (nSPS) is 19.0. The largest absolute Gasteiger partial charge is 0.338 e. The fourth-order valence-corrected chi connectivity index (χ4v) is 4.25. The van der Waals surface area contributed by atoms with Gasteiger partial charge in [-0.3, -0.25) is 9.78 Å². The third kappa shape index (κ3) is 3.39. The van der Waals surface area contributed by atoms with Crippen molar-refractivity contribution >= 4 is 36.4 Å². The third-order valence-electron chi connectivity index (χ3n) is 3.86. The maximum atomic E-state index is 12.1. The summed E-state index contributed by atoms with van der Waals surface area (Å²) in [5.41, 5.74) is 1.03. The van der Waals surface area contributed by atoms with Gasteiger partial charge < -0.3 is 4.90 Å². The second kappa shape index (κ2) is 5.85. The maximum Gasteiger partial charge on any atom is 0.232 e. The van der Waals surface area contributed by atoms with Crippen LogP contribution in [0.3, 0.4) is 0 Å². The summed E-state index contributed by atoms with van der Waals surface area (Å²) in [5.74, 6) is -0.418. The average Bonchev–Trinajstić information content (AvgIpc) is 2.77. The fourth-order valence-electron chi connectivity index (χ4n) is 2.93. The Morgan fingerprint density at radius 3 is 2.91 bits per heavy atom. The van der Waals surface area contributed by atoms with Crippen LogP contribution in [-0.2, 0) is 20.4 Å². The number of likely N-dealkylation sites (tertiary alicyclic amines) is 1. The monoisotopic (exact) mass is 338 g/mol. The number of nitrogens with zero attached hydrogens (tertiary/aromatic N) is 2. The third-order valence-corrected chi connectivity index (χ3v) is 5.11. The van der Waals surface area contributed by atoms with Gasteiger partial charge in [0.2, 0.25) is 15.0 Å². The number of hydrogen-bond donors (Lipinski definition) is 0. The molecule has 2 aromatic rings. The average molecular weight is 339 g/mol. The van der Waals surface area contributed by atoms with E-state index >= 15 is 0 Å². The summed E-state index contributed by atoms with van der Waals surface area (Å²) in [4.78, 5) is 17.9. The van der Waals surface area contributed by atoms with E-state index in [0.717, 1.165) is 16.3 Å². The van der Waals surface area contributed by atoms with Gasteiger partial charge in [-0.25, -0.2) is 8.42 Å². The van der Waals surface area contributed by atoms with Crippen molar-refractivity contribution in [1.82, 2.24) is 9.88 Å². The summed E-state index contributed by atoms with van der Waals surface area (Å²) < 4.78 is 22.3. The van der Waals surface area contributed by atoms with E-state index in [0.29, 0.717) is 13.1 Å². The molecule has 0 saturated carbocycles. The molecule has 1 saturated heterocycles. The Labute approximate surface area is 133 Å². The van der Waals surface area contributed by atoms with Crippen LogP contribution in [-0.4, -0.2) is 36.5 Å². The molecule has 0 spiro atoms. The Morgan fingerprint density at radius 1 is 1.32 bits per heavy atom. The molecule has 1 aliphatic heterocycles. The first kappa shape index (κ1) is 15.2. The van der Waals surface area contributed by atoms with Gasteiger partial charge in [-0.1, -0.05) is 18.2 Å². The highest BCUT2D eigenvalue weighted by atomic mass is 35.7. The molecule has 0 aliphatic carbocycles. The van der Waals surface area contributed by atoms with Crippen molar-refractivity contribution in [2.24, 2.45) is 5.92 Å². The number of pyridine rings is 1. The zero-order valence-electron chi connectivity index (χ0n) is 11.8. The molecule has 1 amide bonds. The van der Waals surface area contributed by atoms with Gasteiger partial charge in [0.1, 0.15) is 0 Å². The first-order valence-corrected chi connectivity index (χ1v) is 9.42. The smallest absolute Gasteiger partial charge is 0.232 e. The van der Waals surface area contributed by atoms with Gasteiger partial charge in [0, 0.05) is 53.9 Å². The minimum atomic E-state index is -3.58. The van der Waals surface area contributed by atoms with Crippen molar-refractivity contribution in [2.75, 3.05) is 12.3 Å². The second-order valence-corrected chi connectivity index (χ2v) is 8.39. The highest BCUT2D eigenvalue weighted by Crippen LogP contribution is 2.25. The lowest BCUT2D eigenvalue weighted by Gasteiger charge is -2.17. The lowest BCUT2D eigenvalue weighted by Crippen LogP contribution is -2.25. The van der Waals surface area contributed by atoms with Gasteiger partial charge in [-0.2, -0.15) is 0 Å². The number of halogens is 1. The molecule has 0 bridgehead atoms. The van der Waals surface area contributed by atoms with Crippen LogP contribution in [0.2, 0.25) is 0 Å². The van der Waals surface area contributed by atoms with Crippen LogP contribution in [0.1, 0.15) is 12.0 Å². The summed E-state index contributed by atoms with van der Waals surface area (Å²) in [7, 11) is 1.71. The van der Waals surface area contributed by atoms with Crippen LogP contribution in [0.5, 0.6) is 0 Å². The summed E-state index contributed by atoms with van der Waals surface area (Å²) in [6.07, 6.45) is 3.74. The Morgan fingerprint density at radius 2 is 2.14 bits per heavy atom. The number of hydrogen-bond acceptors (Lipinski definition) is 4. The highest BCUT2D eigenvalue weighted by Gasteiger charge is 2.32. The minimum absolute atomic E-state index is 0.0311. The maximum absolute atomic E-state index is 12.1. The first-order valence-electron chi connectivity index (χ1n) is 6.94. The number of fused-ring (bicyclic) bond motifs is 1. The van der Waals surface area contributed by atoms with Gasteiger partial charge in [0.25, 0.3) is 0 Å². The molecule has 7 heteroatoms. The van der Waals surface area contributed by atoms with Crippen LogP contribution < -0.4 is 0 Å². The molecule has 2 heterocycles. The molecule has 5 nitrogen and oxygen atoms in total. The van der Waals surface area contributed by atoms with E-state index in [-0.39, 0.29) is 24.0 Å². The van der Waals surface area contributed by atoms with Crippen molar-refractivity contribution in [3.63, 3.8) is 0 Å². The van der Waals surface area contributed by atoms with Gasteiger partial charge in [-0.15, -0.1) is 0 Å². The standard InChI is InChI=1S/C15H15ClN2O3S/c16-22(20,21)10-11-6-15(19)18(8-11)9-13-3-1-2-12-7-17-5-4-14(12)13/h1-5,7,11H,6,8-10H2. The van der Waals surface area contributed by atoms with Gasteiger partial charge in [0.05, 0.1) is 5.75 Å². The molecule has 1 aliphatic rings. The van der Waals surface area contributed by atoms with Crippen molar-refractivity contribution in [2.45, 2.75) is 13.0 Å². The number of aromatic nitrogens is 1. The lowest BCUT2D eigenvalue weighted by atomic mass is 10.1. The van der Waals surface area contributed by atoms with E-state index in [1.54, 1.807) is 17.3 Å². The van der Waals surface area contributed by atoms with E-state index in [1.807, 2.05) is 24.3 Å². The number of benzene rings is 1. The molecule has 1 fully saturated rings. The molecule has 116 valence electrons. The predicted molar refractivity (Wildman–Crippen MR) is 84.9 cm³/mol. The van der Waals surface area contributed by atoms with Crippen LogP contribution in [0, 0.1) is 5.92 Å². The van der Waals surface area contributed by atoms with Crippen LogP contribution in [0.4, 0.5) is 0 Å². The Hall–Kier alpha value is -1.66. The first-order chi connectivity index (χ1) is 10.4. The molecular formula is C15H15ClN2O3S.